The SMILES string of the molecule is COC(=O)C1=C(c2ccc3ccccc3c2)NC(=O)C1(O)C(F)(F)F. The van der Waals surface area contributed by atoms with Crippen LogP contribution in [0.4, 0.5) is 13.2 Å². The molecule has 0 spiro atoms. The molecule has 0 aliphatic carbocycles. The number of carbonyl (C=O) groups is 2. The molecule has 0 saturated carbocycles. The summed E-state index contributed by atoms with van der Waals surface area (Å²) in [5.74, 6) is -3.19. The fourth-order valence-electron chi connectivity index (χ4n) is 2.74. The Hall–Kier alpha value is -2.87. The van der Waals surface area contributed by atoms with Crippen LogP contribution < -0.4 is 5.32 Å². The molecule has 0 aromatic heterocycles. The Kier molecular flexibility index (Phi) is 3.80. The number of fused-ring (bicyclic) bond motifs is 1. The highest BCUT2D eigenvalue weighted by molar-refractivity contribution is 6.15. The minimum Gasteiger partial charge on any atom is -0.466 e. The van der Waals surface area contributed by atoms with Crippen LogP contribution in [0.15, 0.2) is 48.0 Å². The summed E-state index contributed by atoms with van der Waals surface area (Å²) in [7, 11) is 0.868. The summed E-state index contributed by atoms with van der Waals surface area (Å²) in [6.45, 7) is 0. The quantitative estimate of drug-likeness (QED) is 0.813. The lowest BCUT2D eigenvalue weighted by molar-refractivity contribution is -0.236. The van der Waals surface area contributed by atoms with E-state index >= 15 is 0 Å². The van der Waals surface area contributed by atoms with Crippen LogP contribution >= 0.6 is 0 Å². The molecule has 0 saturated heterocycles. The Bertz CT molecular complexity index is 919. The third-order valence-electron chi connectivity index (χ3n) is 4.02. The Labute approximate surface area is 139 Å². The number of amides is 1. The van der Waals surface area contributed by atoms with E-state index < -0.39 is 34.9 Å². The number of alkyl halides is 3. The summed E-state index contributed by atoms with van der Waals surface area (Å²) in [4.78, 5) is 23.8. The molecule has 1 atom stereocenters. The number of benzene rings is 2. The van der Waals surface area contributed by atoms with Crippen LogP contribution in [0.5, 0.6) is 0 Å². The van der Waals surface area contributed by atoms with E-state index in [1.807, 2.05) is 5.32 Å². The molecule has 130 valence electrons. The van der Waals surface area contributed by atoms with Crippen LogP contribution in [0.3, 0.4) is 0 Å². The number of nitrogens with one attached hydrogen (secondary N) is 1. The predicted octanol–water partition coefficient (Wildman–Crippen LogP) is 2.15. The van der Waals surface area contributed by atoms with E-state index in [9.17, 15) is 27.9 Å². The van der Waals surface area contributed by atoms with Gasteiger partial charge in [0.25, 0.3) is 11.5 Å². The van der Waals surface area contributed by atoms with Crippen molar-refractivity contribution in [2.75, 3.05) is 7.11 Å². The van der Waals surface area contributed by atoms with Gasteiger partial charge < -0.3 is 15.2 Å². The molecule has 0 bridgehead atoms. The summed E-state index contributed by atoms with van der Waals surface area (Å²) in [5.41, 5.74) is -5.43. The zero-order valence-corrected chi connectivity index (χ0v) is 12.8. The number of halogens is 3. The lowest BCUT2D eigenvalue weighted by Gasteiger charge is -2.24. The smallest absolute Gasteiger partial charge is 0.431 e. The van der Waals surface area contributed by atoms with Gasteiger partial charge in [0.15, 0.2) is 0 Å². The lowest BCUT2D eigenvalue weighted by Crippen LogP contribution is -2.54. The highest BCUT2D eigenvalue weighted by atomic mass is 19.4. The number of methoxy groups -OCH3 is 1. The average Bonchev–Trinajstić information content (AvgIpc) is 2.86. The van der Waals surface area contributed by atoms with Gasteiger partial charge in [-0.1, -0.05) is 36.4 Å². The molecular formula is C17H12F3NO4. The molecule has 0 fully saturated rings. The minimum atomic E-state index is -5.39. The summed E-state index contributed by atoms with van der Waals surface area (Å²) in [6.07, 6.45) is -5.39. The molecule has 1 aliphatic heterocycles. The molecule has 1 heterocycles. The molecule has 2 aromatic carbocycles. The van der Waals surface area contributed by atoms with Crippen LogP contribution in [-0.2, 0) is 14.3 Å². The highest BCUT2D eigenvalue weighted by Gasteiger charge is 2.68. The van der Waals surface area contributed by atoms with Crippen molar-refractivity contribution in [3.8, 4) is 0 Å². The van der Waals surface area contributed by atoms with Crippen LogP contribution in [0.25, 0.3) is 16.5 Å². The number of ether oxygens (including phenoxy) is 1. The number of aliphatic hydroxyl groups is 1. The van der Waals surface area contributed by atoms with E-state index in [2.05, 4.69) is 4.74 Å². The van der Waals surface area contributed by atoms with Crippen molar-refractivity contribution in [3.05, 3.63) is 53.6 Å². The summed E-state index contributed by atoms with van der Waals surface area (Å²) in [5, 5.41) is 13.5. The maximum Gasteiger partial charge on any atom is 0.431 e. The van der Waals surface area contributed by atoms with Crippen molar-refractivity contribution >= 4 is 28.3 Å². The van der Waals surface area contributed by atoms with Gasteiger partial charge in [0.2, 0.25) is 0 Å². The monoisotopic (exact) mass is 351 g/mol. The number of carbonyl (C=O) groups excluding carboxylic acids is 2. The van der Waals surface area contributed by atoms with Crippen LogP contribution in [0, 0.1) is 0 Å². The van der Waals surface area contributed by atoms with Crippen LogP contribution in [0.2, 0.25) is 0 Å². The van der Waals surface area contributed by atoms with Gasteiger partial charge in [0.05, 0.1) is 12.8 Å². The largest absolute Gasteiger partial charge is 0.466 e. The van der Waals surface area contributed by atoms with Crippen molar-refractivity contribution in [1.82, 2.24) is 5.32 Å². The number of rotatable bonds is 2. The molecule has 5 nitrogen and oxygen atoms in total. The molecule has 1 unspecified atom stereocenters. The van der Waals surface area contributed by atoms with Gasteiger partial charge in [-0.05, 0) is 22.4 Å². The second kappa shape index (κ2) is 5.59. The van der Waals surface area contributed by atoms with Gasteiger partial charge in [-0.25, -0.2) is 4.79 Å². The molecule has 3 rings (SSSR count). The second-order valence-corrected chi connectivity index (χ2v) is 5.47. The van der Waals surface area contributed by atoms with Gasteiger partial charge >= 0.3 is 12.1 Å². The molecule has 1 aliphatic rings. The normalized spacial score (nSPS) is 20.8. The fourth-order valence-corrected chi connectivity index (χ4v) is 2.74. The Morgan fingerprint density at radius 2 is 1.80 bits per heavy atom. The third kappa shape index (κ3) is 2.45. The summed E-state index contributed by atoms with van der Waals surface area (Å²) in [6, 6.07) is 11.6. The molecule has 0 radical (unpaired) electrons. The van der Waals surface area contributed by atoms with Gasteiger partial charge in [0, 0.05) is 0 Å². The third-order valence-corrected chi connectivity index (χ3v) is 4.02. The van der Waals surface area contributed by atoms with Gasteiger partial charge in [-0.15, -0.1) is 0 Å². The van der Waals surface area contributed by atoms with E-state index in [1.54, 1.807) is 30.3 Å². The van der Waals surface area contributed by atoms with E-state index in [4.69, 9.17) is 0 Å². The van der Waals surface area contributed by atoms with E-state index in [1.165, 1.54) is 12.1 Å². The fraction of sp³-hybridized carbons (Fsp3) is 0.176. The Morgan fingerprint density at radius 3 is 2.40 bits per heavy atom. The average molecular weight is 351 g/mol. The van der Waals surface area contributed by atoms with Gasteiger partial charge in [-0.3, -0.25) is 4.79 Å². The van der Waals surface area contributed by atoms with E-state index in [0.717, 1.165) is 12.5 Å². The second-order valence-electron chi connectivity index (χ2n) is 5.47. The first-order chi connectivity index (χ1) is 11.7. The number of esters is 1. The highest BCUT2D eigenvalue weighted by Crippen LogP contribution is 2.43. The van der Waals surface area contributed by atoms with Crippen molar-refractivity contribution in [1.29, 1.82) is 0 Å². The van der Waals surface area contributed by atoms with Crippen molar-refractivity contribution in [3.63, 3.8) is 0 Å². The first-order valence-electron chi connectivity index (χ1n) is 7.13. The number of hydrogen-bond donors (Lipinski definition) is 2. The number of hydrogen-bond acceptors (Lipinski definition) is 4. The zero-order chi connectivity index (χ0) is 18.4. The van der Waals surface area contributed by atoms with E-state index in [0.29, 0.717) is 5.39 Å². The molecule has 25 heavy (non-hydrogen) atoms. The molecule has 2 aromatic rings. The lowest BCUT2D eigenvalue weighted by atomic mass is 9.92. The summed E-state index contributed by atoms with van der Waals surface area (Å²) < 4.78 is 44.4. The van der Waals surface area contributed by atoms with Crippen LogP contribution in [0.1, 0.15) is 5.56 Å². The first-order valence-corrected chi connectivity index (χ1v) is 7.13. The van der Waals surface area contributed by atoms with Crippen LogP contribution in [-0.4, -0.2) is 35.9 Å². The Morgan fingerprint density at radius 1 is 1.16 bits per heavy atom. The molecule has 8 heteroatoms. The van der Waals surface area contributed by atoms with E-state index in [-0.39, 0.29) is 5.56 Å². The molecule has 1 amide bonds. The maximum atomic E-state index is 13.3. The minimum absolute atomic E-state index is 0.146. The van der Waals surface area contributed by atoms with Crippen molar-refractivity contribution in [2.24, 2.45) is 0 Å². The zero-order valence-electron chi connectivity index (χ0n) is 12.8. The Balaban J connectivity index is 2.27. The predicted molar refractivity (Wildman–Crippen MR) is 82.0 cm³/mol. The summed E-state index contributed by atoms with van der Waals surface area (Å²) >= 11 is 0. The van der Waals surface area contributed by atoms with Crippen molar-refractivity contribution in [2.45, 2.75) is 11.8 Å². The topological polar surface area (TPSA) is 75.6 Å². The van der Waals surface area contributed by atoms with Crippen molar-refractivity contribution < 1.29 is 32.6 Å². The molecule has 2 N–H and O–H groups in total. The van der Waals surface area contributed by atoms with Gasteiger partial charge in [-0.2, -0.15) is 13.2 Å². The molecular weight excluding hydrogens is 339 g/mol. The standard InChI is InChI=1S/C17H12F3NO4/c1-25-14(22)12-13(21-15(23)16(12,24)17(18,19)20)11-7-6-9-4-2-3-5-10(9)8-11/h2-8,24H,1H3,(H,21,23). The van der Waals surface area contributed by atoms with Gasteiger partial charge in [0.1, 0.15) is 5.57 Å². The first kappa shape index (κ1) is 17.0. The maximum absolute atomic E-state index is 13.3.